The molecule has 0 unspecified atom stereocenters. The number of anilines is 1. The molecule has 0 aliphatic heterocycles. The summed E-state index contributed by atoms with van der Waals surface area (Å²) >= 11 is 5.90. The number of halogens is 1. The number of rotatable bonds is 8. The molecule has 0 atom stereocenters. The van der Waals surface area contributed by atoms with Crippen molar-refractivity contribution in [2.24, 2.45) is 0 Å². The molecule has 2 amide bonds. The van der Waals surface area contributed by atoms with E-state index in [1.165, 1.54) is 26.2 Å². The lowest BCUT2D eigenvalue weighted by molar-refractivity contribution is -0.132. The maximum Gasteiger partial charge on any atom is 0.243 e. The summed E-state index contributed by atoms with van der Waals surface area (Å²) in [6.07, 6.45) is 0.0810. The van der Waals surface area contributed by atoms with Crippen molar-refractivity contribution < 1.29 is 23.8 Å². The van der Waals surface area contributed by atoms with Crippen LogP contribution in [0.25, 0.3) is 0 Å². The number of nitrogens with zero attached hydrogens (tertiary/aromatic N) is 1. The first kappa shape index (κ1) is 21.4. The fourth-order valence-corrected chi connectivity index (χ4v) is 2.81. The Hall–Kier alpha value is -2.93. The van der Waals surface area contributed by atoms with Gasteiger partial charge in [-0.15, -0.1) is 0 Å². The molecule has 0 aliphatic carbocycles. The molecule has 8 heteroatoms. The Bertz CT molecular complexity index is 831. The lowest BCUT2D eigenvalue weighted by atomic mass is 10.1. The van der Waals surface area contributed by atoms with Crippen LogP contribution in [0, 0.1) is 0 Å². The highest BCUT2D eigenvalue weighted by Gasteiger charge is 2.18. The second kappa shape index (κ2) is 9.85. The van der Waals surface area contributed by atoms with Crippen LogP contribution in [-0.4, -0.2) is 51.6 Å². The van der Waals surface area contributed by atoms with E-state index in [9.17, 15) is 9.59 Å². The molecule has 2 aromatic rings. The third kappa shape index (κ3) is 5.53. The fraction of sp³-hybridized carbons (Fsp3) is 0.300. The normalized spacial score (nSPS) is 10.2. The highest BCUT2D eigenvalue weighted by atomic mass is 35.5. The Morgan fingerprint density at radius 2 is 1.68 bits per heavy atom. The van der Waals surface area contributed by atoms with E-state index >= 15 is 0 Å². The van der Waals surface area contributed by atoms with Gasteiger partial charge in [-0.05, 0) is 35.9 Å². The Morgan fingerprint density at radius 3 is 2.21 bits per heavy atom. The summed E-state index contributed by atoms with van der Waals surface area (Å²) in [7, 11) is 6.10. The van der Waals surface area contributed by atoms with Crippen LogP contribution in [0.15, 0.2) is 36.4 Å². The van der Waals surface area contributed by atoms with Gasteiger partial charge >= 0.3 is 0 Å². The molecule has 1 N–H and O–H groups in total. The Balaban J connectivity index is 2.02. The van der Waals surface area contributed by atoms with E-state index in [4.69, 9.17) is 25.8 Å². The molecule has 0 bridgehead atoms. The van der Waals surface area contributed by atoms with Crippen molar-refractivity contribution in [2.45, 2.75) is 6.42 Å². The van der Waals surface area contributed by atoms with Crippen LogP contribution in [0.3, 0.4) is 0 Å². The van der Waals surface area contributed by atoms with Crippen molar-refractivity contribution in [1.29, 1.82) is 0 Å². The number of hydrogen-bond acceptors (Lipinski definition) is 5. The zero-order valence-corrected chi connectivity index (χ0v) is 17.0. The van der Waals surface area contributed by atoms with Crippen molar-refractivity contribution in [1.82, 2.24) is 4.90 Å². The van der Waals surface area contributed by atoms with E-state index in [0.717, 1.165) is 0 Å². The van der Waals surface area contributed by atoms with Gasteiger partial charge in [0.1, 0.15) is 0 Å². The van der Waals surface area contributed by atoms with Crippen LogP contribution in [0.4, 0.5) is 5.69 Å². The second-order valence-electron chi connectivity index (χ2n) is 6.02. The number of hydrogen-bond donors (Lipinski definition) is 1. The number of amides is 2. The van der Waals surface area contributed by atoms with Gasteiger partial charge in [0.15, 0.2) is 11.5 Å². The molecule has 0 spiro atoms. The summed E-state index contributed by atoms with van der Waals surface area (Å²) in [6.45, 7) is -0.0875. The molecule has 2 aromatic carbocycles. The molecule has 2 rings (SSSR count). The van der Waals surface area contributed by atoms with Gasteiger partial charge in [-0.2, -0.15) is 0 Å². The average Bonchev–Trinajstić information content (AvgIpc) is 2.66. The van der Waals surface area contributed by atoms with Crippen LogP contribution in [0.2, 0.25) is 5.02 Å². The van der Waals surface area contributed by atoms with Gasteiger partial charge in [0.2, 0.25) is 17.6 Å². The third-order valence-corrected chi connectivity index (χ3v) is 4.23. The summed E-state index contributed by atoms with van der Waals surface area (Å²) in [5, 5.41) is 3.23. The molecule has 0 heterocycles. The van der Waals surface area contributed by atoms with Crippen LogP contribution in [-0.2, 0) is 16.0 Å². The van der Waals surface area contributed by atoms with Crippen molar-refractivity contribution in [3.05, 3.63) is 47.0 Å². The predicted octanol–water partition coefficient (Wildman–Crippen LogP) is 3.01. The highest BCUT2D eigenvalue weighted by molar-refractivity contribution is 6.30. The molecule has 7 nitrogen and oxygen atoms in total. The van der Waals surface area contributed by atoms with Gasteiger partial charge in [-0.25, -0.2) is 0 Å². The molecular formula is C20H23ClN2O5. The van der Waals surface area contributed by atoms with Gasteiger partial charge < -0.3 is 24.4 Å². The number of carbonyl (C=O) groups is 2. The first-order valence-electron chi connectivity index (χ1n) is 8.46. The molecule has 28 heavy (non-hydrogen) atoms. The monoisotopic (exact) mass is 406 g/mol. The number of carbonyl (C=O) groups excluding carboxylic acids is 2. The van der Waals surface area contributed by atoms with Gasteiger partial charge in [-0.3, -0.25) is 9.59 Å². The lowest BCUT2D eigenvalue weighted by Crippen LogP contribution is -2.35. The van der Waals surface area contributed by atoms with Crippen LogP contribution in [0.5, 0.6) is 17.2 Å². The number of likely N-dealkylation sites (N-methyl/N-ethyl adjacent to an activating group) is 1. The van der Waals surface area contributed by atoms with Gasteiger partial charge in [0.05, 0.1) is 34.3 Å². The first-order chi connectivity index (χ1) is 13.4. The molecule has 0 aliphatic rings. The zero-order chi connectivity index (χ0) is 20.7. The highest BCUT2D eigenvalue weighted by Crippen LogP contribution is 2.38. The van der Waals surface area contributed by atoms with Crippen molar-refractivity contribution in [2.75, 3.05) is 40.2 Å². The van der Waals surface area contributed by atoms with Gasteiger partial charge in [-0.1, -0.05) is 17.7 Å². The summed E-state index contributed by atoms with van der Waals surface area (Å²) < 4.78 is 15.9. The molecular weight excluding hydrogens is 384 g/mol. The van der Waals surface area contributed by atoms with Crippen molar-refractivity contribution in [3.63, 3.8) is 0 Å². The number of ether oxygens (including phenoxy) is 3. The van der Waals surface area contributed by atoms with E-state index < -0.39 is 0 Å². The van der Waals surface area contributed by atoms with Gasteiger partial charge in [0.25, 0.3) is 0 Å². The first-order valence-corrected chi connectivity index (χ1v) is 8.84. The molecule has 150 valence electrons. The maximum atomic E-state index is 12.5. The maximum absolute atomic E-state index is 12.5. The Kier molecular flexibility index (Phi) is 7.52. The Morgan fingerprint density at radius 1 is 1.04 bits per heavy atom. The molecule has 0 radical (unpaired) electrons. The summed E-state index contributed by atoms with van der Waals surface area (Å²) in [4.78, 5) is 26.0. The summed E-state index contributed by atoms with van der Waals surface area (Å²) in [5.74, 6) is 0.839. The topological polar surface area (TPSA) is 77.1 Å². The number of nitrogens with one attached hydrogen (secondary N) is 1. The van der Waals surface area contributed by atoms with E-state index in [1.807, 2.05) is 0 Å². The van der Waals surface area contributed by atoms with Crippen LogP contribution < -0.4 is 19.5 Å². The average molecular weight is 407 g/mol. The molecule has 0 saturated heterocycles. The van der Waals surface area contributed by atoms with Crippen LogP contribution in [0.1, 0.15) is 5.56 Å². The largest absolute Gasteiger partial charge is 0.493 e. The minimum absolute atomic E-state index is 0.0810. The molecule has 0 fully saturated rings. The minimum atomic E-state index is -0.317. The standard InChI is InChI=1S/C20H23ClN2O5/c1-23(12-18(24)22-15-7-5-6-14(21)11-15)19(25)10-13-8-16(26-2)20(28-4)17(9-13)27-3/h5-9,11H,10,12H2,1-4H3,(H,22,24). The Labute approximate surface area is 169 Å². The summed E-state index contributed by atoms with van der Waals surface area (Å²) in [6, 6.07) is 10.2. The SMILES string of the molecule is COc1cc(CC(=O)N(C)CC(=O)Nc2cccc(Cl)c2)cc(OC)c1OC. The fourth-order valence-electron chi connectivity index (χ4n) is 2.62. The zero-order valence-electron chi connectivity index (χ0n) is 16.2. The second-order valence-corrected chi connectivity index (χ2v) is 6.46. The molecule has 0 aromatic heterocycles. The number of methoxy groups -OCH3 is 3. The van der Waals surface area contributed by atoms with Crippen LogP contribution >= 0.6 is 11.6 Å². The van der Waals surface area contributed by atoms with E-state index in [2.05, 4.69) is 5.32 Å². The lowest BCUT2D eigenvalue weighted by Gasteiger charge is -2.18. The van der Waals surface area contributed by atoms with Crippen molar-refractivity contribution >= 4 is 29.1 Å². The number of benzene rings is 2. The minimum Gasteiger partial charge on any atom is -0.493 e. The van der Waals surface area contributed by atoms with Gasteiger partial charge in [0, 0.05) is 17.8 Å². The van der Waals surface area contributed by atoms with E-state index in [0.29, 0.717) is 33.5 Å². The quantitative estimate of drug-likeness (QED) is 0.729. The summed E-state index contributed by atoms with van der Waals surface area (Å²) in [5.41, 5.74) is 1.25. The van der Waals surface area contributed by atoms with E-state index in [1.54, 1.807) is 43.4 Å². The predicted molar refractivity (Wildman–Crippen MR) is 108 cm³/mol. The molecule has 0 saturated carbocycles. The third-order valence-electron chi connectivity index (χ3n) is 3.99. The smallest absolute Gasteiger partial charge is 0.243 e. The van der Waals surface area contributed by atoms with Crippen molar-refractivity contribution in [3.8, 4) is 17.2 Å². The van der Waals surface area contributed by atoms with E-state index in [-0.39, 0.29) is 24.8 Å².